The first-order valence-electron chi connectivity index (χ1n) is 27.2. The van der Waals surface area contributed by atoms with E-state index in [1.54, 1.807) is 0 Å². The molecule has 0 bridgehead atoms. The molecule has 1 aromatic heterocycles. The van der Waals surface area contributed by atoms with E-state index in [1.807, 2.05) is 0 Å². The number of fused-ring (bicyclic) bond motifs is 7. The molecule has 1 aliphatic carbocycles. The van der Waals surface area contributed by atoms with Gasteiger partial charge in [0.05, 0.1) is 5.41 Å². The van der Waals surface area contributed by atoms with Gasteiger partial charge in [-0.2, -0.15) is 0 Å². The van der Waals surface area contributed by atoms with Gasteiger partial charge in [-0.05, 0) is 160 Å². The smallest absolute Gasteiger partial charge is 0.136 e. The fourth-order valence-corrected chi connectivity index (χ4v) is 12.9. The van der Waals surface area contributed by atoms with E-state index >= 15 is 0 Å². The molecule has 0 radical (unpaired) electrons. The number of anilines is 3. The van der Waals surface area contributed by atoms with Crippen molar-refractivity contribution in [3.05, 3.63) is 332 Å². The Morgan fingerprint density at radius 2 is 0.747 bits per heavy atom. The van der Waals surface area contributed by atoms with Crippen LogP contribution in [0.1, 0.15) is 22.3 Å². The van der Waals surface area contributed by atoms with Gasteiger partial charge in [-0.15, -0.1) is 0 Å². The van der Waals surface area contributed by atoms with Crippen molar-refractivity contribution in [2.75, 3.05) is 4.90 Å². The van der Waals surface area contributed by atoms with Gasteiger partial charge < -0.3 is 9.32 Å². The summed E-state index contributed by atoms with van der Waals surface area (Å²) in [7, 11) is 0. The lowest BCUT2D eigenvalue weighted by Crippen LogP contribution is -2.28. The molecule has 370 valence electrons. The van der Waals surface area contributed by atoms with Crippen molar-refractivity contribution < 1.29 is 4.42 Å². The molecule has 0 atom stereocenters. The lowest BCUT2D eigenvalue weighted by atomic mass is 9.67. The van der Waals surface area contributed by atoms with E-state index in [2.05, 4.69) is 314 Å². The van der Waals surface area contributed by atoms with Crippen LogP contribution in [0.25, 0.3) is 99.5 Å². The zero-order chi connectivity index (χ0) is 52.3. The molecule has 0 N–H and O–H groups in total. The minimum atomic E-state index is -0.605. The maximum Gasteiger partial charge on any atom is 0.136 e. The van der Waals surface area contributed by atoms with Crippen molar-refractivity contribution in [3.8, 4) is 66.8 Å². The van der Waals surface area contributed by atoms with Crippen LogP contribution < -0.4 is 4.90 Å². The standard InChI is InChI=1S/C77H51NO/c1-4-22-52(23-5-1)62-31-12-14-33-64(62)54-27-20-28-58(48-54)77(72-39-18-16-36-67(72)68-37-17-19-40-73(68)77)57-43-45-60(46-44-57)78(59-29-8-3-9-30-59)61-49-55-26-10-11-35-66(55)70(51-61)69-38-21-41-75-76(69)71-50-56(42-47-74(71)79-75)65-34-15-13-32-63(65)53-24-6-2-7-25-53/h1-51H. The second kappa shape index (κ2) is 19.1. The number of nitrogens with zero attached hydrogens (tertiary/aromatic N) is 1. The Kier molecular flexibility index (Phi) is 11.1. The summed E-state index contributed by atoms with van der Waals surface area (Å²) in [6.45, 7) is 0. The number of furan rings is 1. The molecule has 0 fully saturated rings. The third-order valence-electron chi connectivity index (χ3n) is 16.4. The summed E-state index contributed by atoms with van der Waals surface area (Å²) >= 11 is 0. The van der Waals surface area contributed by atoms with Gasteiger partial charge in [0.15, 0.2) is 0 Å². The summed E-state index contributed by atoms with van der Waals surface area (Å²) in [6, 6.07) is 113. The summed E-state index contributed by atoms with van der Waals surface area (Å²) in [5.74, 6) is 0. The van der Waals surface area contributed by atoms with E-state index in [1.165, 1.54) is 77.7 Å². The molecule has 14 aromatic rings. The molecule has 0 spiro atoms. The second-order valence-corrected chi connectivity index (χ2v) is 20.7. The molecule has 2 heteroatoms. The van der Waals surface area contributed by atoms with E-state index in [0.29, 0.717) is 0 Å². The molecule has 1 aliphatic rings. The summed E-state index contributed by atoms with van der Waals surface area (Å²) < 4.78 is 6.73. The number of hydrogen-bond acceptors (Lipinski definition) is 2. The molecule has 2 nitrogen and oxygen atoms in total. The van der Waals surface area contributed by atoms with Gasteiger partial charge in [-0.1, -0.05) is 249 Å². The Labute approximate surface area is 460 Å². The Morgan fingerprint density at radius 1 is 0.253 bits per heavy atom. The number of hydrogen-bond donors (Lipinski definition) is 0. The van der Waals surface area contributed by atoms with Crippen molar-refractivity contribution in [2.24, 2.45) is 0 Å². The highest BCUT2D eigenvalue weighted by Gasteiger charge is 2.46. The van der Waals surface area contributed by atoms with Crippen LogP contribution in [0, 0.1) is 0 Å². The minimum Gasteiger partial charge on any atom is -0.456 e. The van der Waals surface area contributed by atoms with E-state index in [0.717, 1.165) is 61.1 Å². The van der Waals surface area contributed by atoms with Crippen LogP contribution in [0.2, 0.25) is 0 Å². The van der Waals surface area contributed by atoms with Gasteiger partial charge in [0.1, 0.15) is 11.2 Å². The number of para-hydroxylation sites is 1. The molecule has 15 rings (SSSR count). The topological polar surface area (TPSA) is 16.4 Å². The molecule has 0 amide bonds. The zero-order valence-corrected chi connectivity index (χ0v) is 43.3. The first-order valence-corrected chi connectivity index (χ1v) is 27.2. The average molecular weight is 1010 g/mol. The first-order chi connectivity index (χ1) is 39.2. The molecule has 0 unspecified atom stereocenters. The third kappa shape index (κ3) is 7.64. The highest BCUT2D eigenvalue weighted by Crippen LogP contribution is 2.57. The molecular weight excluding hydrogens is 955 g/mol. The van der Waals surface area contributed by atoms with Crippen LogP contribution in [0.4, 0.5) is 17.1 Å². The van der Waals surface area contributed by atoms with Crippen LogP contribution in [-0.4, -0.2) is 0 Å². The Balaban J connectivity index is 0.899. The van der Waals surface area contributed by atoms with Crippen LogP contribution in [0.5, 0.6) is 0 Å². The average Bonchev–Trinajstić information content (AvgIpc) is 4.29. The van der Waals surface area contributed by atoms with E-state index < -0.39 is 5.41 Å². The van der Waals surface area contributed by atoms with Crippen molar-refractivity contribution >= 4 is 49.8 Å². The molecule has 0 saturated carbocycles. The van der Waals surface area contributed by atoms with Crippen molar-refractivity contribution in [1.82, 2.24) is 0 Å². The fourth-order valence-electron chi connectivity index (χ4n) is 12.9. The van der Waals surface area contributed by atoms with Crippen molar-refractivity contribution in [1.29, 1.82) is 0 Å². The van der Waals surface area contributed by atoms with Gasteiger partial charge in [-0.3, -0.25) is 0 Å². The normalized spacial score (nSPS) is 12.4. The summed E-state index contributed by atoms with van der Waals surface area (Å²) in [4.78, 5) is 2.41. The first kappa shape index (κ1) is 46.1. The van der Waals surface area contributed by atoms with Crippen molar-refractivity contribution in [3.63, 3.8) is 0 Å². The van der Waals surface area contributed by atoms with Crippen LogP contribution >= 0.6 is 0 Å². The van der Waals surface area contributed by atoms with E-state index in [4.69, 9.17) is 4.42 Å². The van der Waals surface area contributed by atoms with Crippen LogP contribution in [0.15, 0.2) is 314 Å². The molecule has 0 aliphatic heterocycles. The molecule has 0 saturated heterocycles. The SMILES string of the molecule is c1ccc(-c2ccccc2-c2cccc(C3(c4ccc(N(c5ccccc5)c5cc(-c6cccc7oc8ccc(-c9ccccc9-c9ccccc9)cc8c67)c6ccccc6c5)cc4)c4ccccc4-c4ccccc43)c2)cc1. The van der Waals surface area contributed by atoms with Gasteiger partial charge in [0, 0.05) is 27.8 Å². The summed E-state index contributed by atoms with van der Waals surface area (Å²) in [5.41, 5.74) is 23.6. The lowest BCUT2D eigenvalue weighted by Gasteiger charge is -2.35. The predicted molar refractivity (Wildman–Crippen MR) is 330 cm³/mol. The largest absolute Gasteiger partial charge is 0.456 e. The fraction of sp³-hybridized carbons (Fsp3) is 0.0130. The molecular formula is C77H51NO. The Morgan fingerprint density at radius 3 is 1.39 bits per heavy atom. The van der Waals surface area contributed by atoms with Gasteiger partial charge in [0.25, 0.3) is 0 Å². The maximum absolute atomic E-state index is 6.73. The quantitative estimate of drug-likeness (QED) is 0.136. The zero-order valence-electron chi connectivity index (χ0n) is 43.3. The minimum absolute atomic E-state index is 0.605. The van der Waals surface area contributed by atoms with Crippen LogP contribution in [-0.2, 0) is 5.41 Å². The number of benzene rings is 13. The van der Waals surface area contributed by atoms with E-state index in [9.17, 15) is 0 Å². The molecule has 79 heavy (non-hydrogen) atoms. The summed E-state index contributed by atoms with van der Waals surface area (Å²) in [5, 5.41) is 4.52. The highest BCUT2D eigenvalue weighted by molar-refractivity contribution is 6.17. The maximum atomic E-state index is 6.73. The van der Waals surface area contributed by atoms with Gasteiger partial charge >= 0.3 is 0 Å². The second-order valence-electron chi connectivity index (χ2n) is 20.7. The molecule has 1 heterocycles. The van der Waals surface area contributed by atoms with Crippen LogP contribution in [0.3, 0.4) is 0 Å². The Hall–Kier alpha value is -10.3. The highest BCUT2D eigenvalue weighted by atomic mass is 16.3. The van der Waals surface area contributed by atoms with Gasteiger partial charge in [0.2, 0.25) is 0 Å². The summed E-state index contributed by atoms with van der Waals surface area (Å²) in [6.07, 6.45) is 0. The monoisotopic (exact) mass is 1010 g/mol. The predicted octanol–water partition coefficient (Wildman–Crippen LogP) is 20.9. The lowest BCUT2D eigenvalue weighted by molar-refractivity contribution is 0.669. The third-order valence-corrected chi connectivity index (χ3v) is 16.4. The number of rotatable bonds is 10. The van der Waals surface area contributed by atoms with Crippen molar-refractivity contribution in [2.45, 2.75) is 5.41 Å². The van der Waals surface area contributed by atoms with Gasteiger partial charge in [-0.25, -0.2) is 0 Å². The Bertz CT molecular complexity index is 4550. The molecule has 13 aromatic carbocycles. The van der Waals surface area contributed by atoms with E-state index in [-0.39, 0.29) is 0 Å².